The molecule has 0 saturated carbocycles. The summed E-state index contributed by atoms with van der Waals surface area (Å²) in [6.07, 6.45) is 4.09. The Bertz CT molecular complexity index is 933. The van der Waals surface area contributed by atoms with E-state index in [1.165, 1.54) is 0 Å². The highest BCUT2D eigenvalue weighted by molar-refractivity contribution is 9.10. The molecule has 1 N–H and O–H groups in total. The van der Waals surface area contributed by atoms with Crippen LogP contribution >= 0.6 is 15.9 Å². The molecule has 0 radical (unpaired) electrons. The highest BCUT2D eigenvalue weighted by Crippen LogP contribution is 2.50. The maximum Gasteiger partial charge on any atom is 0.341 e. The topological polar surface area (TPSA) is 83.9 Å². The minimum absolute atomic E-state index is 0.0529. The van der Waals surface area contributed by atoms with Gasteiger partial charge in [0.1, 0.15) is 5.75 Å². The molecule has 3 aliphatic rings. The Hall–Kier alpha value is -2.41. The monoisotopic (exact) mass is 459 g/mol. The van der Waals surface area contributed by atoms with Gasteiger partial charge in [0.15, 0.2) is 18.2 Å². The number of nitrogens with zero attached hydrogens (tertiary/aromatic N) is 1. The number of ketones is 2. The van der Waals surface area contributed by atoms with E-state index in [1.54, 1.807) is 12.1 Å². The highest BCUT2D eigenvalue weighted by atomic mass is 79.9. The lowest BCUT2D eigenvalue weighted by Gasteiger charge is -2.42. The maximum atomic E-state index is 13.0. The second-order valence-electron chi connectivity index (χ2n) is 7.63. The summed E-state index contributed by atoms with van der Waals surface area (Å²) in [5.41, 5.74) is 3.93. The average molecular weight is 460 g/mol. The molecule has 0 amide bonds. The van der Waals surface area contributed by atoms with Gasteiger partial charge in [-0.05, 0) is 43.9 Å². The number of hydrogen-bond acceptors (Lipinski definition) is 5. The molecule has 0 aromatic heterocycles. The number of hydrogen-bond donors (Lipinski definition) is 1. The van der Waals surface area contributed by atoms with E-state index in [1.807, 2.05) is 18.0 Å². The van der Waals surface area contributed by atoms with Crippen molar-refractivity contribution in [1.82, 2.24) is 4.90 Å². The van der Waals surface area contributed by atoms with Crippen LogP contribution < -0.4 is 4.74 Å². The molecule has 1 aromatic rings. The Morgan fingerprint density at radius 2 is 1.69 bits per heavy atom. The Balaban J connectivity index is 1.94. The van der Waals surface area contributed by atoms with Gasteiger partial charge in [0.05, 0.1) is 0 Å². The number of rotatable bonds is 4. The van der Waals surface area contributed by atoms with Crippen molar-refractivity contribution in [2.24, 2.45) is 0 Å². The van der Waals surface area contributed by atoms with Crippen LogP contribution in [-0.4, -0.2) is 41.2 Å². The van der Waals surface area contributed by atoms with Crippen LogP contribution in [-0.2, 0) is 14.4 Å². The summed E-state index contributed by atoms with van der Waals surface area (Å²) in [4.78, 5) is 39.2. The zero-order valence-corrected chi connectivity index (χ0v) is 17.8. The third-order valence-corrected chi connectivity index (χ3v) is 6.37. The van der Waals surface area contributed by atoms with Crippen molar-refractivity contribution in [1.29, 1.82) is 0 Å². The number of allylic oxidation sites excluding steroid dienone is 4. The predicted molar refractivity (Wildman–Crippen MR) is 110 cm³/mol. The molecule has 0 bridgehead atoms. The van der Waals surface area contributed by atoms with Crippen molar-refractivity contribution in [3.05, 3.63) is 50.8 Å². The van der Waals surface area contributed by atoms with E-state index in [4.69, 9.17) is 9.84 Å². The van der Waals surface area contributed by atoms with Gasteiger partial charge in [-0.2, -0.15) is 0 Å². The molecule has 4 rings (SSSR count). The summed E-state index contributed by atoms with van der Waals surface area (Å²) in [7, 11) is 1.95. The Morgan fingerprint density at radius 3 is 2.24 bits per heavy atom. The zero-order chi connectivity index (χ0) is 20.7. The lowest BCUT2D eigenvalue weighted by molar-refractivity contribution is -0.139. The van der Waals surface area contributed by atoms with Crippen LogP contribution in [0.2, 0.25) is 0 Å². The number of carbonyl (C=O) groups excluding carboxylic acids is 2. The summed E-state index contributed by atoms with van der Waals surface area (Å²) in [6.45, 7) is -0.485. The van der Waals surface area contributed by atoms with Crippen LogP contribution in [0.3, 0.4) is 0 Å². The molecule has 0 fully saturated rings. The first-order valence-electron chi connectivity index (χ1n) is 9.78. The van der Waals surface area contributed by atoms with Gasteiger partial charge < -0.3 is 14.7 Å². The van der Waals surface area contributed by atoms with E-state index in [-0.39, 0.29) is 11.6 Å². The molecule has 1 aromatic carbocycles. The zero-order valence-electron chi connectivity index (χ0n) is 16.2. The second kappa shape index (κ2) is 7.78. The summed E-state index contributed by atoms with van der Waals surface area (Å²) >= 11 is 3.48. The Labute approximate surface area is 177 Å². The van der Waals surface area contributed by atoms with Crippen molar-refractivity contribution in [2.75, 3.05) is 13.7 Å². The average Bonchev–Trinajstić information content (AvgIpc) is 2.68. The van der Waals surface area contributed by atoms with Gasteiger partial charge in [-0.3, -0.25) is 9.59 Å². The number of halogens is 1. The van der Waals surface area contributed by atoms with E-state index in [0.717, 1.165) is 41.6 Å². The SMILES string of the molecule is CN1C2=C(C(=O)CCC2)C(c2cc(Br)ccc2OCC(=O)O)C2=C1CCCC2=O. The molecule has 0 unspecified atom stereocenters. The summed E-state index contributed by atoms with van der Waals surface area (Å²) in [6, 6.07) is 5.31. The fourth-order valence-electron chi connectivity index (χ4n) is 4.68. The van der Waals surface area contributed by atoms with Gasteiger partial charge in [-0.25, -0.2) is 4.79 Å². The Kier molecular flexibility index (Phi) is 5.34. The summed E-state index contributed by atoms with van der Waals surface area (Å²) < 4.78 is 6.34. The number of Topliss-reactive ketones (excluding diaryl/α,β-unsaturated/α-hetero) is 2. The minimum Gasteiger partial charge on any atom is -0.482 e. The lowest BCUT2D eigenvalue weighted by Crippen LogP contribution is -2.37. The molecule has 1 aliphatic heterocycles. The number of carboxylic acids is 1. The number of carboxylic acid groups (broad SMARTS) is 1. The van der Waals surface area contributed by atoms with Crippen LogP contribution in [0.4, 0.5) is 0 Å². The first-order chi connectivity index (χ1) is 13.9. The van der Waals surface area contributed by atoms with E-state index in [2.05, 4.69) is 15.9 Å². The molecule has 7 heteroatoms. The fraction of sp³-hybridized carbons (Fsp3) is 0.409. The third kappa shape index (κ3) is 3.52. The highest BCUT2D eigenvalue weighted by Gasteiger charge is 2.43. The van der Waals surface area contributed by atoms with Crippen molar-refractivity contribution >= 4 is 33.5 Å². The van der Waals surface area contributed by atoms with E-state index < -0.39 is 18.5 Å². The molecule has 0 spiro atoms. The van der Waals surface area contributed by atoms with E-state index >= 15 is 0 Å². The first kappa shape index (κ1) is 19.9. The minimum atomic E-state index is -1.08. The molecule has 6 nitrogen and oxygen atoms in total. The van der Waals surface area contributed by atoms with Crippen LogP contribution in [0.1, 0.15) is 50.0 Å². The standard InChI is InChI=1S/C22H22BrNO5/c1-24-14-4-2-6-16(25)21(14)20(22-15(24)5-3-7-17(22)26)13-10-12(23)8-9-18(13)29-11-19(27)28/h8-10,20H,2-7,11H2,1H3,(H,27,28). The van der Waals surface area contributed by atoms with Gasteiger partial charge in [0, 0.05) is 58.4 Å². The van der Waals surface area contributed by atoms with Crippen molar-refractivity contribution in [3.8, 4) is 5.75 Å². The number of aliphatic carboxylic acids is 1. The van der Waals surface area contributed by atoms with E-state index in [0.29, 0.717) is 35.3 Å². The van der Waals surface area contributed by atoms with Gasteiger partial charge >= 0.3 is 5.97 Å². The Morgan fingerprint density at radius 1 is 1.10 bits per heavy atom. The fourth-order valence-corrected chi connectivity index (χ4v) is 5.06. The van der Waals surface area contributed by atoms with E-state index in [9.17, 15) is 14.4 Å². The van der Waals surface area contributed by atoms with Crippen molar-refractivity contribution in [2.45, 2.75) is 44.4 Å². The molecule has 152 valence electrons. The van der Waals surface area contributed by atoms with Gasteiger partial charge in [0.25, 0.3) is 0 Å². The molecule has 0 saturated heterocycles. The van der Waals surface area contributed by atoms with Crippen LogP contribution in [0.25, 0.3) is 0 Å². The van der Waals surface area contributed by atoms with Gasteiger partial charge in [-0.15, -0.1) is 0 Å². The van der Waals surface area contributed by atoms with Crippen LogP contribution in [0, 0.1) is 0 Å². The second-order valence-corrected chi connectivity index (χ2v) is 8.55. The predicted octanol–water partition coefficient (Wildman–Crippen LogP) is 3.96. The molecule has 0 atom stereocenters. The lowest BCUT2D eigenvalue weighted by atomic mass is 9.71. The first-order valence-corrected chi connectivity index (χ1v) is 10.6. The summed E-state index contributed by atoms with van der Waals surface area (Å²) in [5, 5.41) is 9.06. The molecular formula is C22H22BrNO5. The summed E-state index contributed by atoms with van der Waals surface area (Å²) in [5.74, 6) is -1.10. The maximum absolute atomic E-state index is 13.0. The van der Waals surface area contributed by atoms with Gasteiger partial charge in [0.2, 0.25) is 0 Å². The molecular weight excluding hydrogens is 438 g/mol. The largest absolute Gasteiger partial charge is 0.482 e. The van der Waals surface area contributed by atoms with Gasteiger partial charge in [-0.1, -0.05) is 15.9 Å². The quantitative estimate of drug-likeness (QED) is 0.733. The third-order valence-electron chi connectivity index (χ3n) is 5.88. The number of ether oxygens (including phenoxy) is 1. The number of benzene rings is 1. The normalized spacial score (nSPS) is 20.0. The molecule has 29 heavy (non-hydrogen) atoms. The van der Waals surface area contributed by atoms with Crippen LogP contribution in [0.15, 0.2) is 45.2 Å². The molecule has 2 aliphatic carbocycles. The van der Waals surface area contributed by atoms with Crippen LogP contribution in [0.5, 0.6) is 5.75 Å². The van der Waals surface area contributed by atoms with Crippen molar-refractivity contribution in [3.63, 3.8) is 0 Å². The smallest absolute Gasteiger partial charge is 0.341 e. The molecule has 1 heterocycles. The number of carbonyl (C=O) groups is 3. The van der Waals surface area contributed by atoms with Crippen molar-refractivity contribution < 1.29 is 24.2 Å².